The predicted molar refractivity (Wildman–Crippen MR) is 70.9 cm³/mol. The summed E-state index contributed by atoms with van der Waals surface area (Å²) in [7, 11) is 4.01. The number of hydrogen-bond donors (Lipinski definition) is 1. The van der Waals surface area contributed by atoms with Gasteiger partial charge in [0, 0.05) is 24.8 Å². The molecule has 0 saturated carbocycles. The molecule has 2 aromatic rings. The van der Waals surface area contributed by atoms with E-state index in [4.69, 9.17) is 4.98 Å². The smallest absolute Gasteiger partial charge is 0.140 e. The van der Waals surface area contributed by atoms with Crippen molar-refractivity contribution in [2.24, 2.45) is 7.05 Å². The quantitative estimate of drug-likeness (QED) is 0.876. The lowest BCUT2D eigenvalue weighted by molar-refractivity contribution is 0.783. The number of benzene rings is 1. The molecule has 0 amide bonds. The molecule has 0 aliphatic carbocycles. The first-order chi connectivity index (χ1) is 8.13. The molecule has 0 fully saturated rings. The van der Waals surface area contributed by atoms with Gasteiger partial charge in [0.1, 0.15) is 5.82 Å². The molecular formula is C14H19N3. The monoisotopic (exact) mass is 229 g/mol. The lowest BCUT2D eigenvalue weighted by atomic mass is 10.1. The second-order valence-corrected chi connectivity index (χ2v) is 4.42. The van der Waals surface area contributed by atoms with Crippen LogP contribution in [0.3, 0.4) is 0 Å². The van der Waals surface area contributed by atoms with Crippen molar-refractivity contribution in [2.45, 2.75) is 20.4 Å². The zero-order valence-electron chi connectivity index (χ0n) is 10.9. The summed E-state index contributed by atoms with van der Waals surface area (Å²) in [5, 5.41) is 3.15. The van der Waals surface area contributed by atoms with E-state index in [1.165, 1.54) is 16.8 Å². The Hall–Kier alpha value is -1.61. The van der Waals surface area contributed by atoms with Crippen LogP contribution in [0.4, 0.5) is 0 Å². The Morgan fingerprint density at radius 1 is 1.18 bits per heavy atom. The summed E-state index contributed by atoms with van der Waals surface area (Å²) in [5.74, 6) is 1.03. The summed E-state index contributed by atoms with van der Waals surface area (Å²) >= 11 is 0. The van der Waals surface area contributed by atoms with Gasteiger partial charge in [-0.25, -0.2) is 4.98 Å². The van der Waals surface area contributed by atoms with Crippen molar-refractivity contribution in [1.82, 2.24) is 14.9 Å². The Bertz CT molecular complexity index is 509. The van der Waals surface area contributed by atoms with Crippen LogP contribution in [-0.2, 0) is 13.6 Å². The SMILES string of the molecule is CNCc1nc(-c2ccc(C)cc2)n(C)c1C. The van der Waals surface area contributed by atoms with E-state index in [-0.39, 0.29) is 0 Å². The topological polar surface area (TPSA) is 29.9 Å². The highest BCUT2D eigenvalue weighted by Gasteiger charge is 2.11. The molecule has 1 aromatic heterocycles. The van der Waals surface area contributed by atoms with Gasteiger partial charge in [0.2, 0.25) is 0 Å². The first-order valence-electron chi connectivity index (χ1n) is 5.87. The Morgan fingerprint density at radius 3 is 2.41 bits per heavy atom. The summed E-state index contributed by atoms with van der Waals surface area (Å²) in [6.45, 7) is 5.02. The number of hydrogen-bond acceptors (Lipinski definition) is 2. The lowest BCUT2D eigenvalue weighted by Crippen LogP contribution is -2.07. The van der Waals surface area contributed by atoms with Gasteiger partial charge in [-0.05, 0) is 20.9 Å². The first kappa shape index (κ1) is 11.9. The van der Waals surface area contributed by atoms with E-state index in [1.54, 1.807) is 0 Å². The standard InChI is InChI=1S/C14H19N3/c1-10-5-7-12(8-6-10)14-16-13(9-15-3)11(2)17(14)4/h5-8,15H,9H2,1-4H3. The lowest BCUT2D eigenvalue weighted by Gasteiger charge is -2.03. The van der Waals surface area contributed by atoms with E-state index in [9.17, 15) is 0 Å². The molecule has 0 unspecified atom stereocenters. The summed E-state index contributed by atoms with van der Waals surface area (Å²) < 4.78 is 2.15. The van der Waals surface area contributed by atoms with Crippen LogP contribution in [0, 0.1) is 13.8 Å². The minimum atomic E-state index is 0.811. The highest BCUT2D eigenvalue weighted by molar-refractivity contribution is 5.57. The fourth-order valence-corrected chi connectivity index (χ4v) is 1.93. The van der Waals surface area contributed by atoms with Gasteiger partial charge in [-0.2, -0.15) is 0 Å². The number of nitrogens with zero attached hydrogens (tertiary/aromatic N) is 2. The highest BCUT2D eigenvalue weighted by Crippen LogP contribution is 2.21. The molecule has 1 N–H and O–H groups in total. The second-order valence-electron chi connectivity index (χ2n) is 4.42. The molecule has 17 heavy (non-hydrogen) atoms. The molecule has 2 rings (SSSR count). The normalized spacial score (nSPS) is 10.8. The molecule has 0 radical (unpaired) electrons. The van der Waals surface area contributed by atoms with Gasteiger partial charge in [-0.3, -0.25) is 0 Å². The van der Waals surface area contributed by atoms with Crippen LogP contribution in [-0.4, -0.2) is 16.6 Å². The number of imidazole rings is 1. The molecule has 0 aliphatic rings. The fraction of sp³-hybridized carbons (Fsp3) is 0.357. The summed E-state index contributed by atoms with van der Waals surface area (Å²) in [4.78, 5) is 4.70. The van der Waals surface area contributed by atoms with Crippen LogP contribution < -0.4 is 5.32 Å². The number of rotatable bonds is 3. The molecule has 0 atom stereocenters. The Morgan fingerprint density at radius 2 is 1.82 bits per heavy atom. The molecule has 1 aromatic carbocycles. The van der Waals surface area contributed by atoms with Gasteiger partial charge < -0.3 is 9.88 Å². The minimum Gasteiger partial charge on any atom is -0.331 e. The molecule has 0 saturated heterocycles. The van der Waals surface area contributed by atoms with E-state index in [0.717, 1.165) is 18.1 Å². The largest absolute Gasteiger partial charge is 0.331 e. The van der Waals surface area contributed by atoms with Crippen molar-refractivity contribution in [3.63, 3.8) is 0 Å². The molecule has 0 spiro atoms. The average Bonchev–Trinajstić information content (AvgIpc) is 2.59. The van der Waals surface area contributed by atoms with Crippen molar-refractivity contribution < 1.29 is 0 Å². The van der Waals surface area contributed by atoms with Crippen LogP contribution >= 0.6 is 0 Å². The third-order valence-corrected chi connectivity index (χ3v) is 3.13. The maximum atomic E-state index is 4.70. The molecular weight excluding hydrogens is 210 g/mol. The third kappa shape index (κ3) is 2.24. The Kier molecular flexibility index (Phi) is 3.29. The molecule has 0 aliphatic heterocycles. The fourth-order valence-electron chi connectivity index (χ4n) is 1.93. The first-order valence-corrected chi connectivity index (χ1v) is 5.87. The zero-order valence-corrected chi connectivity index (χ0v) is 10.9. The molecule has 0 bridgehead atoms. The van der Waals surface area contributed by atoms with Crippen LogP contribution in [0.1, 0.15) is 17.0 Å². The summed E-state index contributed by atoms with van der Waals surface area (Å²) in [6, 6.07) is 8.49. The van der Waals surface area contributed by atoms with Crippen LogP contribution in [0.5, 0.6) is 0 Å². The van der Waals surface area contributed by atoms with Gasteiger partial charge in [0.25, 0.3) is 0 Å². The van der Waals surface area contributed by atoms with Crippen molar-refractivity contribution in [1.29, 1.82) is 0 Å². The van der Waals surface area contributed by atoms with Gasteiger partial charge in [0.05, 0.1) is 5.69 Å². The summed E-state index contributed by atoms with van der Waals surface area (Å²) in [6.07, 6.45) is 0. The van der Waals surface area contributed by atoms with E-state index < -0.39 is 0 Å². The minimum absolute atomic E-state index is 0.811. The van der Waals surface area contributed by atoms with Gasteiger partial charge in [-0.15, -0.1) is 0 Å². The van der Waals surface area contributed by atoms with Gasteiger partial charge in [-0.1, -0.05) is 29.8 Å². The Labute approximate surface area is 103 Å². The predicted octanol–water partition coefficient (Wildman–Crippen LogP) is 2.42. The Balaban J connectivity index is 2.45. The molecule has 1 heterocycles. The van der Waals surface area contributed by atoms with Gasteiger partial charge >= 0.3 is 0 Å². The molecule has 90 valence electrons. The highest BCUT2D eigenvalue weighted by atomic mass is 15.1. The van der Waals surface area contributed by atoms with E-state index >= 15 is 0 Å². The van der Waals surface area contributed by atoms with E-state index in [1.807, 2.05) is 7.05 Å². The number of aryl methyl sites for hydroxylation is 1. The van der Waals surface area contributed by atoms with Crippen molar-refractivity contribution in [3.8, 4) is 11.4 Å². The van der Waals surface area contributed by atoms with Crippen LogP contribution in [0.25, 0.3) is 11.4 Å². The van der Waals surface area contributed by atoms with Crippen molar-refractivity contribution in [2.75, 3.05) is 7.05 Å². The van der Waals surface area contributed by atoms with E-state index in [2.05, 4.69) is 55.0 Å². The molecule has 3 heteroatoms. The van der Waals surface area contributed by atoms with E-state index in [0.29, 0.717) is 0 Å². The molecule has 3 nitrogen and oxygen atoms in total. The summed E-state index contributed by atoms with van der Waals surface area (Å²) in [5.41, 5.74) is 4.78. The second kappa shape index (κ2) is 4.72. The van der Waals surface area contributed by atoms with Crippen LogP contribution in [0.15, 0.2) is 24.3 Å². The van der Waals surface area contributed by atoms with Gasteiger partial charge in [0.15, 0.2) is 0 Å². The number of aromatic nitrogens is 2. The van der Waals surface area contributed by atoms with Crippen molar-refractivity contribution >= 4 is 0 Å². The maximum Gasteiger partial charge on any atom is 0.140 e. The average molecular weight is 229 g/mol. The zero-order chi connectivity index (χ0) is 12.4. The van der Waals surface area contributed by atoms with Crippen LogP contribution in [0.2, 0.25) is 0 Å². The van der Waals surface area contributed by atoms with Crippen molar-refractivity contribution in [3.05, 3.63) is 41.2 Å². The third-order valence-electron chi connectivity index (χ3n) is 3.13. The maximum absolute atomic E-state index is 4.70. The number of nitrogens with one attached hydrogen (secondary N) is 1.